The molecular formula is C14H19F2N3O. The average Bonchev–Trinajstić information content (AvgIpc) is 2.37. The van der Waals surface area contributed by atoms with E-state index in [1.165, 1.54) is 6.07 Å². The second kappa shape index (κ2) is 6.17. The van der Waals surface area contributed by atoms with Crippen LogP contribution in [-0.2, 0) is 0 Å². The van der Waals surface area contributed by atoms with Gasteiger partial charge in [0.15, 0.2) is 0 Å². The van der Waals surface area contributed by atoms with Crippen molar-refractivity contribution in [2.45, 2.75) is 45.2 Å². The number of hydrogen-bond acceptors (Lipinski definition) is 2. The van der Waals surface area contributed by atoms with Crippen LogP contribution in [0.4, 0.5) is 19.3 Å². The van der Waals surface area contributed by atoms with Crippen molar-refractivity contribution in [3.05, 3.63) is 29.8 Å². The van der Waals surface area contributed by atoms with E-state index in [1.54, 1.807) is 0 Å². The summed E-state index contributed by atoms with van der Waals surface area (Å²) in [6.45, 7) is 4.07. The van der Waals surface area contributed by atoms with Crippen LogP contribution >= 0.6 is 0 Å². The van der Waals surface area contributed by atoms with Gasteiger partial charge in [-0.3, -0.25) is 5.43 Å². The molecule has 1 aromatic rings. The lowest BCUT2D eigenvalue weighted by molar-refractivity contribution is 0.0625. The maximum absolute atomic E-state index is 13.4. The highest BCUT2D eigenvalue weighted by atomic mass is 19.1. The number of benzene rings is 1. The Kier molecular flexibility index (Phi) is 4.54. The molecule has 110 valence electrons. The highest BCUT2D eigenvalue weighted by Crippen LogP contribution is 2.20. The quantitative estimate of drug-likeness (QED) is 0.875. The fraction of sp³-hybridized carbons (Fsp3) is 0.500. The van der Waals surface area contributed by atoms with Crippen molar-refractivity contribution >= 4 is 11.7 Å². The van der Waals surface area contributed by atoms with Gasteiger partial charge in [-0.2, -0.15) is 0 Å². The van der Waals surface area contributed by atoms with E-state index in [9.17, 15) is 13.6 Å². The molecule has 0 bridgehead atoms. The van der Waals surface area contributed by atoms with Crippen LogP contribution in [0.1, 0.15) is 33.1 Å². The summed E-state index contributed by atoms with van der Waals surface area (Å²) >= 11 is 0. The molecule has 1 saturated heterocycles. The minimum absolute atomic E-state index is 0.0405. The molecule has 1 heterocycles. The van der Waals surface area contributed by atoms with E-state index in [1.807, 2.05) is 18.9 Å². The molecule has 1 aromatic carbocycles. The third-order valence-corrected chi connectivity index (χ3v) is 3.60. The number of carbonyl (C=O) groups is 1. The Balaban J connectivity index is 1.98. The van der Waals surface area contributed by atoms with E-state index in [2.05, 4.69) is 10.7 Å². The van der Waals surface area contributed by atoms with Gasteiger partial charge in [0.05, 0.1) is 5.69 Å². The van der Waals surface area contributed by atoms with Crippen LogP contribution in [0.5, 0.6) is 0 Å². The van der Waals surface area contributed by atoms with Gasteiger partial charge in [0, 0.05) is 18.2 Å². The molecule has 0 aliphatic carbocycles. The Morgan fingerprint density at radius 2 is 1.90 bits per heavy atom. The lowest BCUT2D eigenvalue weighted by Crippen LogP contribution is -2.55. The Morgan fingerprint density at radius 1 is 1.25 bits per heavy atom. The normalized spacial score (nSPS) is 23.4. The van der Waals surface area contributed by atoms with Crippen LogP contribution in [0, 0.1) is 11.6 Å². The van der Waals surface area contributed by atoms with E-state index in [4.69, 9.17) is 0 Å². The van der Waals surface area contributed by atoms with Gasteiger partial charge < -0.3 is 5.32 Å². The zero-order chi connectivity index (χ0) is 14.7. The van der Waals surface area contributed by atoms with Crippen molar-refractivity contribution in [2.24, 2.45) is 0 Å². The van der Waals surface area contributed by atoms with E-state index in [0.717, 1.165) is 31.4 Å². The van der Waals surface area contributed by atoms with Gasteiger partial charge in [-0.15, -0.1) is 0 Å². The van der Waals surface area contributed by atoms with Crippen LogP contribution in [-0.4, -0.2) is 23.1 Å². The zero-order valence-corrected chi connectivity index (χ0v) is 11.6. The lowest BCUT2D eigenvalue weighted by Gasteiger charge is -2.38. The van der Waals surface area contributed by atoms with Gasteiger partial charge in [-0.25, -0.2) is 18.6 Å². The summed E-state index contributed by atoms with van der Waals surface area (Å²) in [4.78, 5) is 11.9. The van der Waals surface area contributed by atoms with Gasteiger partial charge >= 0.3 is 6.03 Å². The van der Waals surface area contributed by atoms with Gasteiger partial charge in [0.1, 0.15) is 11.6 Å². The number of nitrogens with one attached hydrogen (secondary N) is 2. The lowest BCUT2D eigenvalue weighted by atomic mass is 10.00. The van der Waals surface area contributed by atoms with Crippen LogP contribution in [0.3, 0.4) is 0 Å². The standard InChI is InChI=1S/C14H19F2N3O/c1-9-4-3-5-10(2)19(9)18-14(20)17-13-7-6-11(15)8-12(13)16/h6-10H,3-5H2,1-2H3,(H2,17,18,20)/t9-,10-/m1/s1. The fourth-order valence-electron chi connectivity index (χ4n) is 2.50. The third-order valence-electron chi connectivity index (χ3n) is 3.60. The number of amides is 2. The number of nitrogens with zero attached hydrogens (tertiary/aromatic N) is 1. The van der Waals surface area contributed by atoms with Crippen molar-refractivity contribution in [3.8, 4) is 0 Å². The second-order valence-electron chi connectivity index (χ2n) is 5.23. The molecule has 0 radical (unpaired) electrons. The number of carbonyl (C=O) groups excluding carboxylic acids is 1. The van der Waals surface area contributed by atoms with Crippen molar-refractivity contribution in [1.82, 2.24) is 10.4 Å². The molecule has 2 atom stereocenters. The summed E-state index contributed by atoms with van der Waals surface area (Å²) < 4.78 is 26.2. The molecule has 6 heteroatoms. The predicted molar refractivity (Wildman–Crippen MR) is 73.1 cm³/mol. The number of anilines is 1. The van der Waals surface area contributed by atoms with Crippen molar-refractivity contribution in [1.29, 1.82) is 0 Å². The van der Waals surface area contributed by atoms with E-state index < -0.39 is 17.7 Å². The fourth-order valence-corrected chi connectivity index (χ4v) is 2.50. The molecule has 2 rings (SSSR count). The molecule has 20 heavy (non-hydrogen) atoms. The summed E-state index contributed by atoms with van der Waals surface area (Å²) in [5, 5.41) is 4.27. The van der Waals surface area contributed by atoms with Crippen LogP contribution in [0.2, 0.25) is 0 Å². The molecule has 1 aliphatic rings. The number of hydrazine groups is 1. The monoisotopic (exact) mass is 283 g/mol. The van der Waals surface area contributed by atoms with Crippen molar-refractivity contribution < 1.29 is 13.6 Å². The average molecular weight is 283 g/mol. The Bertz CT molecular complexity index is 485. The van der Waals surface area contributed by atoms with E-state index in [0.29, 0.717) is 0 Å². The minimum Gasteiger partial charge on any atom is -0.304 e. The molecular weight excluding hydrogens is 264 g/mol. The SMILES string of the molecule is C[C@@H]1CCC[C@@H](C)N1NC(=O)Nc1ccc(F)cc1F. The molecule has 1 aliphatic heterocycles. The minimum atomic E-state index is -0.792. The summed E-state index contributed by atoms with van der Waals surface area (Å²) in [6, 6.07) is 3.00. The van der Waals surface area contributed by atoms with Gasteiger partial charge in [-0.05, 0) is 38.8 Å². The Hall–Kier alpha value is -1.69. The largest absolute Gasteiger partial charge is 0.333 e. The molecule has 0 unspecified atom stereocenters. The summed E-state index contributed by atoms with van der Waals surface area (Å²) in [6.07, 6.45) is 3.15. The molecule has 2 amide bonds. The smallest absolute Gasteiger partial charge is 0.304 e. The highest BCUT2D eigenvalue weighted by molar-refractivity contribution is 5.89. The maximum atomic E-state index is 13.4. The summed E-state index contributed by atoms with van der Waals surface area (Å²) in [5.41, 5.74) is 2.69. The van der Waals surface area contributed by atoms with E-state index in [-0.39, 0.29) is 17.8 Å². The summed E-state index contributed by atoms with van der Waals surface area (Å²) in [7, 11) is 0. The Morgan fingerprint density at radius 3 is 2.50 bits per heavy atom. The van der Waals surface area contributed by atoms with Gasteiger partial charge in [0.2, 0.25) is 0 Å². The van der Waals surface area contributed by atoms with Crippen LogP contribution in [0.25, 0.3) is 0 Å². The van der Waals surface area contributed by atoms with Crippen LogP contribution < -0.4 is 10.7 Å². The molecule has 0 spiro atoms. The maximum Gasteiger partial charge on any atom is 0.333 e. The molecule has 1 fully saturated rings. The molecule has 2 N–H and O–H groups in total. The third kappa shape index (κ3) is 3.45. The number of rotatable bonds is 2. The van der Waals surface area contributed by atoms with E-state index >= 15 is 0 Å². The topological polar surface area (TPSA) is 44.4 Å². The number of piperidine rings is 1. The first kappa shape index (κ1) is 14.7. The predicted octanol–water partition coefficient (Wildman–Crippen LogP) is 3.26. The molecule has 4 nitrogen and oxygen atoms in total. The molecule has 0 saturated carbocycles. The first-order chi connectivity index (χ1) is 9.47. The molecule has 0 aromatic heterocycles. The number of urea groups is 1. The Labute approximate surface area is 117 Å². The van der Waals surface area contributed by atoms with Crippen molar-refractivity contribution in [3.63, 3.8) is 0 Å². The van der Waals surface area contributed by atoms with Crippen LogP contribution in [0.15, 0.2) is 18.2 Å². The summed E-state index contributed by atoms with van der Waals surface area (Å²) in [5.74, 6) is -1.47. The van der Waals surface area contributed by atoms with Gasteiger partial charge in [0.25, 0.3) is 0 Å². The number of hydrogen-bond donors (Lipinski definition) is 2. The first-order valence-corrected chi connectivity index (χ1v) is 6.78. The number of halogens is 2. The second-order valence-corrected chi connectivity index (χ2v) is 5.23. The highest BCUT2D eigenvalue weighted by Gasteiger charge is 2.26. The van der Waals surface area contributed by atoms with Gasteiger partial charge in [-0.1, -0.05) is 6.42 Å². The first-order valence-electron chi connectivity index (χ1n) is 6.78. The zero-order valence-electron chi connectivity index (χ0n) is 11.6. The van der Waals surface area contributed by atoms with Crippen molar-refractivity contribution in [2.75, 3.05) is 5.32 Å².